The van der Waals surface area contributed by atoms with Gasteiger partial charge in [0.05, 0.1) is 0 Å². The van der Waals surface area contributed by atoms with Crippen molar-refractivity contribution >= 4 is 22.9 Å². The molecule has 0 radical (unpaired) electrons. The van der Waals surface area contributed by atoms with E-state index in [9.17, 15) is 4.39 Å². The predicted octanol–water partition coefficient (Wildman–Crippen LogP) is 3.88. The van der Waals surface area contributed by atoms with E-state index in [-0.39, 0.29) is 11.9 Å². The van der Waals surface area contributed by atoms with Crippen LogP contribution in [0.5, 0.6) is 11.5 Å². The quantitative estimate of drug-likeness (QED) is 0.628. The molecule has 5 heteroatoms. The van der Waals surface area contributed by atoms with Crippen LogP contribution in [0.25, 0.3) is 11.1 Å². The number of halogens is 2. The first-order chi connectivity index (χ1) is 10.2. The second-order valence-corrected chi connectivity index (χ2v) is 5.75. The molecule has 2 aromatic carbocycles. The number of hydrogen-bond donors (Lipinski definition) is 1. The lowest BCUT2D eigenvalue weighted by atomic mass is 9.99. The van der Waals surface area contributed by atoms with Crippen LogP contribution in [0.2, 0.25) is 0 Å². The van der Waals surface area contributed by atoms with Crippen molar-refractivity contribution in [2.45, 2.75) is 13.0 Å². The molecule has 2 aromatic rings. The summed E-state index contributed by atoms with van der Waals surface area (Å²) >= 11 is 2.07. The monoisotopic (exact) mass is 399 g/mol. The van der Waals surface area contributed by atoms with Crippen LogP contribution < -0.4 is 13.0 Å². The second kappa shape index (κ2) is 6.19. The van der Waals surface area contributed by atoms with Crippen molar-refractivity contribution in [3.8, 4) is 22.6 Å². The maximum absolute atomic E-state index is 13.9. The second-order valence-electron chi connectivity index (χ2n) is 4.98. The van der Waals surface area contributed by atoms with E-state index < -0.39 is 0 Å². The molecule has 110 valence electrons. The number of hydrogen-bond acceptors (Lipinski definition) is 3. The van der Waals surface area contributed by atoms with Gasteiger partial charge in [-0.2, -0.15) is 0 Å². The summed E-state index contributed by atoms with van der Waals surface area (Å²) in [4.78, 5) is 0. The Morgan fingerprint density at radius 1 is 1.29 bits per heavy atom. The van der Waals surface area contributed by atoms with Crippen molar-refractivity contribution in [1.82, 2.24) is 3.53 Å². The number of aryl methyl sites for hydroxylation is 1. The molecule has 0 saturated carbocycles. The fourth-order valence-electron chi connectivity index (χ4n) is 2.44. The van der Waals surface area contributed by atoms with Crippen molar-refractivity contribution in [2.24, 2.45) is 0 Å². The van der Waals surface area contributed by atoms with Crippen LogP contribution >= 0.6 is 22.9 Å². The average Bonchev–Trinajstić information content (AvgIpc) is 2.48. The summed E-state index contributed by atoms with van der Waals surface area (Å²) < 4.78 is 28.6. The van der Waals surface area contributed by atoms with Gasteiger partial charge in [-0.05, 0) is 24.1 Å². The molecular weight excluding hydrogens is 384 g/mol. The lowest BCUT2D eigenvalue weighted by molar-refractivity contribution is 0.0957. The summed E-state index contributed by atoms with van der Waals surface area (Å²) in [6.07, 6.45) is -0.0809. The smallest absolute Gasteiger partial charge is 0.169 e. The molecule has 0 spiro atoms. The Morgan fingerprint density at radius 3 is 2.86 bits per heavy atom. The van der Waals surface area contributed by atoms with Crippen molar-refractivity contribution < 1.29 is 13.9 Å². The normalized spacial score (nSPS) is 16.8. The van der Waals surface area contributed by atoms with E-state index in [1.54, 1.807) is 0 Å². The van der Waals surface area contributed by atoms with Crippen molar-refractivity contribution in [2.75, 3.05) is 13.2 Å². The highest BCUT2D eigenvalue weighted by Crippen LogP contribution is 2.42. The third kappa shape index (κ3) is 2.98. The molecular formula is C16H15FINO2. The summed E-state index contributed by atoms with van der Waals surface area (Å²) in [7, 11) is 0. The van der Waals surface area contributed by atoms with Gasteiger partial charge in [0, 0.05) is 41.0 Å². The van der Waals surface area contributed by atoms with E-state index >= 15 is 0 Å². The standard InChI is InChI=1S/C16H15FINO2/c1-10-4-2-3-5-13(10)14-6-11(17)7-15-16(14)21-12(8-19-18)9-20-15/h2-7,12,19H,8-9H2,1H3/t12-/m0/s1. The molecule has 0 unspecified atom stereocenters. The molecule has 1 N–H and O–H groups in total. The van der Waals surface area contributed by atoms with Gasteiger partial charge in [0.15, 0.2) is 11.5 Å². The van der Waals surface area contributed by atoms with Gasteiger partial charge in [-0.25, -0.2) is 4.39 Å². The number of ether oxygens (including phenoxy) is 2. The van der Waals surface area contributed by atoms with Gasteiger partial charge in [-0.15, -0.1) is 0 Å². The SMILES string of the molecule is Cc1ccccc1-c1cc(F)cc2c1O[C@@H](CNI)CO2. The Bertz CT molecular complexity index is 663. The number of rotatable bonds is 3. The molecule has 1 aliphatic heterocycles. The van der Waals surface area contributed by atoms with Crippen LogP contribution in [0.1, 0.15) is 5.56 Å². The minimum absolute atomic E-state index is 0.0809. The van der Waals surface area contributed by atoms with Gasteiger partial charge in [0.2, 0.25) is 0 Å². The minimum Gasteiger partial charge on any atom is -0.486 e. The Hall–Kier alpha value is -1.34. The highest BCUT2D eigenvalue weighted by Gasteiger charge is 2.25. The zero-order chi connectivity index (χ0) is 14.8. The maximum atomic E-state index is 13.9. The zero-order valence-electron chi connectivity index (χ0n) is 11.5. The lowest BCUT2D eigenvalue weighted by Gasteiger charge is -2.28. The Labute approximate surface area is 137 Å². The summed E-state index contributed by atoms with van der Waals surface area (Å²) in [5.74, 6) is 0.771. The molecule has 1 heterocycles. The van der Waals surface area contributed by atoms with Crippen LogP contribution in [-0.2, 0) is 0 Å². The molecule has 0 aliphatic carbocycles. The fourth-order valence-corrected chi connectivity index (χ4v) is 2.93. The van der Waals surface area contributed by atoms with E-state index in [0.717, 1.165) is 16.7 Å². The summed E-state index contributed by atoms with van der Waals surface area (Å²) in [5.41, 5.74) is 2.77. The first kappa shape index (κ1) is 14.6. The van der Waals surface area contributed by atoms with E-state index in [4.69, 9.17) is 9.47 Å². The van der Waals surface area contributed by atoms with E-state index in [1.165, 1.54) is 12.1 Å². The molecule has 3 rings (SSSR count). The molecule has 0 saturated heterocycles. The van der Waals surface area contributed by atoms with Crippen molar-refractivity contribution in [1.29, 1.82) is 0 Å². The molecule has 0 amide bonds. The lowest BCUT2D eigenvalue weighted by Crippen LogP contribution is -2.36. The van der Waals surface area contributed by atoms with Gasteiger partial charge in [-0.3, -0.25) is 3.53 Å². The Kier molecular flexibility index (Phi) is 4.30. The van der Waals surface area contributed by atoms with Crippen LogP contribution in [0.15, 0.2) is 36.4 Å². The molecule has 21 heavy (non-hydrogen) atoms. The highest BCUT2D eigenvalue weighted by atomic mass is 127. The first-order valence-electron chi connectivity index (χ1n) is 6.71. The predicted molar refractivity (Wildman–Crippen MR) is 88.5 cm³/mol. The average molecular weight is 399 g/mol. The van der Waals surface area contributed by atoms with Crippen LogP contribution in [0, 0.1) is 12.7 Å². The largest absolute Gasteiger partial charge is 0.486 e. The van der Waals surface area contributed by atoms with Crippen LogP contribution in [0.3, 0.4) is 0 Å². The third-order valence-corrected chi connectivity index (χ3v) is 3.91. The molecule has 0 bridgehead atoms. The molecule has 1 aliphatic rings. The number of benzene rings is 2. The summed E-state index contributed by atoms with van der Waals surface area (Å²) in [6.45, 7) is 3.09. The summed E-state index contributed by atoms with van der Waals surface area (Å²) in [5, 5.41) is 0. The minimum atomic E-state index is -0.318. The van der Waals surface area contributed by atoms with Gasteiger partial charge >= 0.3 is 0 Å². The van der Waals surface area contributed by atoms with Crippen LogP contribution in [-0.4, -0.2) is 19.3 Å². The number of nitrogens with one attached hydrogen (secondary N) is 1. The first-order valence-corrected chi connectivity index (χ1v) is 7.79. The topological polar surface area (TPSA) is 30.5 Å². The van der Waals surface area contributed by atoms with Gasteiger partial charge < -0.3 is 9.47 Å². The van der Waals surface area contributed by atoms with E-state index in [1.807, 2.05) is 31.2 Å². The van der Waals surface area contributed by atoms with Gasteiger partial charge in [-0.1, -0.05) is 24.3 Å². The van der Waals surface area contributed by atoms with E-state index in [0.29, 0.717) is 24.7 Å². The molecule has 0 aromatic heterocycles. The fraction of sp³-hybridized carbons (Fsp3) is 0.250. The molecule has 3 nitrogen and oxygen atoms in total. The molecule has 0 fully saturated rings. The Morgan fingerprint density at radius 2 is 2.10 bits per heavy atom. The van der Waals surface area contributed by atoms with Crippen molar-refractivity contribution in [3.63, 3.8) is 0 Å². The maximum Gasteiger partial charge on any atom is 0.169 e. The van der Waals surface area contributed by atoms with Gasteiger partial charge in [0.25, 0.3) is 0 Å². The van der Waals surface area contributed by atoms with E-state index in [2.05, 4.69) is 26.4 Å². The molecule has 1 atom stereocenters. The van der Waals surface area contributed by atoms with Gasteiger partial charge in [0.1, 0.15) is 18.5 Å². The van der Waals surface area contributed by atoms with Crippen molar-refractivity contribution in [3.05, 3.63) is 47.8 Å². The Balaban J connectivity index is 2.09. The third-order valence-electron chi connectivity index (χ3n) is 3.47. The zero-order valence-corrected chi connectivity index (χ0v) is 13.7. The number of fused-ring (bicyclic) bond motifs is 1. The highest BCUT2D eigenvalue weighted by molar-refractivity contribution is 14.1. The summed E-state index contributed by atoms with van der Waals surface area (Å²) in [6, 6.07) is 10.8. The van der Waals surface area contributed by atoms with Crippen LogP contribution in [0.4, 0.5) is 4.39 Å².